The molecular formula is C17H19N3O4. The number of hydrogen-bond donors (Lipinski definition) is 0. The van der Waals surface area contributed by atoms with Crippen LogP contribution in [0.4, 0.5) is 0 Å². The van der Waals surface area contributed by atoms with Crippen LogP contribution in [-0.2, 0) is 4.79 Å². The predicted octanol–water partition coefficient (Wildman–Crippen LogP) is 1.92. The summed E-state index contributed by atoms with van der Waals surface area (Å²) in [6, 6.07) is 7.41. The van der Waals surface area contributed by atoms with Gasteiger partial charge in [0.2, 0.25) is 12.0 Å². The van der Waals surface area contributed by atoms with Gasteiger partial charge in [0.25, 0.3) is 5.91 Å². The Balaban J connectivity index is 1.37. The second-order valence-electron chi connectivity index (χ2n) is 6.14. The van der Waals surface area contributed by atoms with Crippen LogP contribution in [0.3, 0.4) is 0 Å². The minimum absolute atomic E-state index is 0.0235. The van der Waals surface area contributed by atoms with E-state index in [1.54, 1.807) is 0 Å². The van der Waals surface area contributed by atoms with Gasteiger partial charge >= 0.3 is 0 Å². The molecule has 1 saturated heterocycles. The number of aromatic nitrogens is 2. The number of rotatable bonds is 2. The number of ether oxygens (including phenoxy) is 2. The summed E-state index contributed by atoms with van der Waals surface area (Å²) in [5.74, 6) is 2.83. The van der Waals surface area contributed by atoms with Gasteiger partial charge in [-0.2, -0.15) is 4.98 Å². The van der Waals surface area contributed by atoms with E-state index >= 15 is 0 Å². The Morgan fingerprint density at radius 2 is 1.96 bits per heavy atom. The summed E-state index contributed by atoms with van der Waals surface area (Å²) in [4.78, 5) is 18.8. The Kier molecular flexibility index (Phi) is 3.84. The molecule has 126 valence electrons. The van der Waals surface area contributed by atoms with Crippen LogP contribution < -0.4 is 9.47 Å². The molecule has 2 aromatic rings. The van der Waals surface area contributed by atoms with Crippen LogP contribution in [0.25, 0.3) is 0 Å². The molecule has 1 atom stereocenters. The number of para-hydroxylation sites is 2. The monoisotopic (exact) mass is 329 g/mol. The van der Waals surface area contributed by atoms with E-state index in [4.69, 9.17) is 14.0 Å². The molecule has 1 aromatic carbocycles. The molecule has 0 radical (unpaired) electrons. The number of likely N-dealkylation sites (tertiary alicyclic amines) is 1. The summed E-state index contributed by atoms with van der Waals surface area (Å²) in [5.41, 5.74) is 0. The quantitative estimate of drug-likeness (QED) is 0.838. The van der Waals surface area contributed by atoms with E-state index in [-0.39, 0.29) is 18.4 Å². The van der Waals surface area contributed by atoms with Crippen LogP contribution in [-0.4, -0.2) is 46.7 Å². The van der Waals surface area contributed by atoms with Gasteiger partial charge in [-0.25, -0.2) is 0 Å². The fourth-order valence-corrected chi connectivity index (χ4v) is 3.17. The third kappa shape index (κ3) is 2.81. The summed E-state index contributed by atoms with van der Waals surface area (Å²) in [6.45, 7) is 3.38. The fraction of sp³-hybridized carbons (Fsp3) is 0.471. The number of nitrogens with zero attached hydrogens (tertiary/aromatic N) is 3. The zero-order valence-electron chi connectivity index (χ0n) is 13.5. The number of aryl methyl sites for hydroxylation is 1. The summed E-state index contributed by atoms with van der Waals surface area (Å²) >= 11 is 0. The van der Waals surface area contributed by atoms with Crippen molar-refractivity contribution in [2.24, 2.45) is 0 Å². The van der Waals surface area contributed by atoms with Crippen molar-refractivity contribution >= 4 is 5.91 Å². The molecular weight excluding hydrogens is 310 g/mol. The van der Waals surface area contributed by atoms with Crippen LogP contribution in [0.5, 0.6) is 11.5 Å². The Morgan fingerprint density at radius 3 is 2.67 bits per heavy atom. The molecule has 2 aliphatic heterocycles. The Hall–Kier alpha value is -2.57. The van der Waals surface area contributed by atoms with E-state index in [1.807, 2.05) is 36.1 Å². The molecule has 0 unspecified atom stereocenters. The highest BCUT2D eigenvalue weighted by Gasteiger charge is 2.34. The molecule has 1 fully saturated rings. The standard InChI is InChI=1S/C17H19N3O4/c1-11-18-16(24-19-11)12-6-8-20(9-7-12)17(21)15-10-22-13-4-2-3-5-14(13)23-15/h2-5,12,15H,6-10H2,1H3/t15-/m0/s1. The number of benzene rings is 1. The molecule has 0 bridgehead atoms. The summed E-state index contributed by atoms with van der Waals surface area (Å²) in [7, 11) is 0. The lowest BCUT2D eigenvalue weighted by Gasteiger charge is -2.34. The predicted molar refractivity (Wildman–Crippen MR) is 83.9 cm³/mol. The van der Waals surface area contributed by atoms with Gasteiger partial charge in [0.15, 0.2) is 17.3 Å². The van der Waals surface area contributed by atoms with Crippen molar-refractivity contribution < 1.29 is 18.8 Å². The van der Waals surface area contributed by atoms with E-state index in [2.05, 4.69) is 10.1 Å². The molecule has 7 nitrogen and oxygen atoms in total. The van der Waals surface area contributed by atoms with Crippen molar-refractivity contribution in [3.8, 4) is 11.5 Å². The molecule has 3 heterocycles. The number of piperidine rings is 1. The number of fused-ring (bicyclic) bond motifs is 1. The number of carbonyl (C=O) groups is 1. The van der Waals surface area contributed by atoms with Crippen molar-refractivity contribution in [1.29, 1.82) is 0 Å². The van der Waals surface area contributed by atoms with E-state index < -0.39 is 6.10 Å². The molecule has 0 saturated carbocycles. The highest BCUT2D eigenvalue weighted by atomic mass is 16.6. The van der Waals surface area contributed by atoms with E-state index in [0.29, 0.717) is 36.3 Å². The van der Waals surface area contributed by atoms with Crippen LogP contribution in [0.15, 0.2) is 28.8 Å². The maximum absolute atomic E-state index is 12.7. The lowest BCUT2D eigenvalue weighted by atomic mass is 9.96. The normalized spacial score (nSPS) is 20.9. The first-order valence-electron chi connectivity index (χ1n) is 8.18. The van der Waals surface area contributed by atoms with E-state index in [0.717, 1.165) is 12.8 Å². The highest BCUT2D eigenvalue weighted by Crippen LogP contribution is 2.32. The first-order valence-corrected chi connectivity index (χ1v) is 8.18. The highest BCUT2D eigenvalue weighted by molar-refractivity contribution is 5.82. The Labute approximate surface area is 139 Å². The van der Waals surface area contributed by atoms with Crippen molar-refractivity contribution in [1.82, 2.24) is 15.0 Å². The minimum Gasteiger partial charge on any atom is -0.485 e. The van der Waals surface area contributed by atoms with Crippen LogP contribution in [0.2, 0.25) is 0 Å². The van der Waals surface area contributed by atoms with Gasteiger partial charge in [0, 0.05) is 19.0 Å². The molecule has 0 spiro atoms. The van der Waals surface area contributed by atoms with Crippen molar-refractivity contribution in [2.75, 3.05) is 19.7 Å². The first-order chi connectivity index (χ1) is 11.7. The second-order valence-corrected chi connectivity index (χ2v) is 6.14. The van der Waals surface area contributed by atoms with E-state index in [9.17, 15) is 4.79 Å². The molecule has 0 aliphatic carbocycles. The van der Waals surface area contributed by atoms with Crippen LogP contribution in [0.1, 0.15) is 30.5 Å². The summed E-state index contributed by atoms with van der Waals surface area (Å²) in [5, 5.41) is 3.84. The fourth-order valence-electron chi connectivity index (χ4n) is 3.17. The molecule has 2 aliphatic rings. The summed E-state index contributed by atoms with van der Waals surface area (Å²) in [6.07, 6.45) is 1.05. The summed E-state index contributed by atoms with van der Waals surface area (Å²) < 4.78 is 16.7. The average molecular weight is 329 g/mol. The number of carbonyl (C=O) groups excluding carboxylic acids is 1. The molecule has 4 rings (SSSR count). The topological polar surface area (TPSA) is 77.7 Å². The maximum Gasteiger partial charge on any atom is 0.267 e. The molecule has 1 amide bonds. The van der Waals surface area contributed by atoms with E-state index in [1.165, 1.54) is 0 Å². The van der Waals surface area contributed by atoms with Gasteiger partial charge in [0.05, 0.1) is 0 Å². The zero-order valence-corrected chi connectivity index (χ0v) is 13.5. The average Bonchev–Trinajstić information content (AvgIpc) is 3.07. The largest absolute Gasteiger partial charge is 0.485 e. The van der Waals surface area contributed by atoms with Gasteiger partial charge in [-0.05, 0) is 31.9 Å². The van der Waals surface area contributed by atoms with Crippen molar-refractivity contribution in [3.05, 3.63) is 36.0 Å². The maximum atomic E-state index is 12.7. The van der Waals surface area contributed by atoms with Crippen LogP contribution >= 0.6 is 0 Å². The molecule has 1 aromatic heterocycles. The van der Waals surface area contributed by atoms with Gasteiger partial charge in [0.1, 0.15) is 6.61 Å². The first kappa shape index (κ1) is 15.0. The minimum atomic E-state index is -0.581. The lowest BCUT2D eigenvalue weighted by molar-refractivity contribution is -0.142. The third-order valence-electron chi connectivity index (χ3n) is 4.48. The lowest BCUT2D eigenvalue weighted by Crippen LogP contribution is -2.48. The Morgan fingerprint density at radius 1 is 1.21 bits per heavy atom. The molecule has 24 heavy (non-hydrogen) atoms. The molecule has 7 heteroatoms. The Bertz CT molecular complexity index is 737. The van der Waals surface area contributed by atoms with Gasteiger partial charge in [-0.1, -0.05) is 17.3 Å². The second kappa shape index (κ2) is 6.14. The number of hydrogen-bond acceptors (Lipinski definition) is 6. The number of amides is 1. The van der Waals surface area contributed by atoms with Gasteiger partial charge in [-0.15, -0.1) is 0 Å². The van der Waals surface area contributed by atoms with Crippen LogP contribution in [0, 0.1) is 6.92 Å². The third-order valence-corrected chi connectivity index (χ3v) is 4.48. The van der Waals surface area contributed by atoms with Crippen molar-refractivity contribution in [2.45, 2.75) is 31.8 Å². The van der Waals surface area contributed by atoms with Gasteiger partial charge < -0.3 is 18.9 Å². The molecule has 0 N–H and O–H groups in total. The smallest absolute Gasteiger partial charge is 0.267 e. The van der Waals surface area contributed by atoms with Crippen molar-refractivity contribution in [3.63, 3.8) is 0 Å². The zero-order chi connectivity index (χ0) is 16.5. The SMILES string of the molecule is Cc1noc(C2CCN(C(=O)[C@@H]3COc4ccccc4O3)CC2)n1. The van der Waals surface area contributed by atoms with Gasteiger partial charge in [-0.3, -0.25) is 4.79 Å².